The Balaban J connectivity index is 1.93. The normalized spacial score (nSPS) is 12.0. The standard InChI is InChI=1S/C15H23N3S/c1-5-18-13(9-12(2)17-18)10-16-11-15(3,4)14-7-6-8-19-14/h6-9,16H,5,10-11H2,1-4H3. The quantitative estimate of drug-likeness (QED) is 0.877. The SMILES string of the molecule is CCn1nc(C)cc1CNCC(C)(C)c1cccs1. The van der Waals surface area contributed by atoms with Crippen molar-refractivity contribution in [1.29, 1.82) is 0 Å². The van der Waals surface area contributed by atoms with Crippen LogP contribution in [0.3, 0.4) is 0 Å². The summed E-state index contributed by atoms with van der Waals surface area (Å²) in [6.45, 7) is 11.5. The van der Waals surface area contributed by atoms with E-state index in [0.717, 1.165) is 25.3 Å². The van der Waals surface area contributed by atoms with E-state index in [4.69, 9.17) is 0 Å². The summed E-state index contributed by atoms with van der Waals surface area (Å²) in [5, 5.41) is 10.2. The molecule has 0 aliphatic rings. The summed E-state index contributed by atoms with van der Waals surface area (Å²) < 4.78 is 2.07. The molecule has 0 atom stereocenters. The van der Waals surface area contributed by atoms with Crippen molar-refractivity contribution in [3.8, 4) is 0 Å². The van der Waals surface area contributed by atoms with Crippen molar-refractivity contribution < 1.29 is 0 Å². The Morgan fingerprint density at radius 2 is 2.21 bits per heavy atom. The molecule has 1 N–H and O–H groups in total. The average Bonchev–Trinajstić information content (AvgIpc) is 2.98. The molecule has 0 radical (unpaired) electrons. The van der Waals surface area contributed by atoms with Gasteiger partial charge < -0.3 is 5.32 Å². The van der Waals surface area contributed by atoms with Crippen molar-refractivity contribution in [3.05, 3.63) is 39.8 Å². The van der Waals surface area contributed by atoms with Gasteiger partial charge >= 0.3 is 0 Å². The van der Waals surface area contributed by atoms with Crippen LogP contribution in [0.5, 0.6) is 0 Å². The lowest BCUT2D eigenvalue weighted by Gasteiger charge is -2.23. The molecule has 0 aromatic carbocycles. The molecule has 0 bridgehead atoms. The minimum absolute atomic E-state index is 0.181. The van der Waals surface area contributed by atoms with Crippen LogP contribution >= 0.6 is 11.3 Å². The number of aryl methyl sites for hydroxylation is 2. The zero-order chi connectivity index (χ0) is 13.9. The molecule has 2 aromatic rings. The van der Waals surface area contributed by atoms with Gasteiger partial charge in [-0.25, -0.2) is 0 Å². The highest BCUT2D eigenvalue weighted by Crippen LogP contribution is 2.26. The molecule has 0 unspecified atom stereocenters. The minimum Gasteiger partial charge on any atom is -0.310 e. The Labute approximate surface area is 119 Å². The number of hydrogen-bond acceptors (Lipinski definition) is 3. The molecular formula is C15H23N3S. The fourth-order valence-electron chi connectivity index (χ4n) is 2.27. The lowest BCUT2D eigenvalue weighted by molar-refractivity contribution is 0.466. The fraction of sp³-hybridized carbons (Fsp3) is 0.533. The van der Waals surface area contributed by atoms with Gasteiger partial charge in [-0.1, -0.05) is 19.9 Å². The molecule has 0 aliphatic heterocycles. The second-order valence-corrected chi connectivity index (χ2v) is 6.51. The summed E-state index contributed by atoms with van der Waals surface area (Å²) in [6.07, 6.45) is 0. The summed E-state index contributed by atoms with van der Waals surface area (Å²) in [5.74, 6) is 0. The molecule has 19 heavy (non-hydrogen) atoms. The van der Waals surface area contributed by atoms with Crippen molar-refractivity contribution in [1.82, 2.24) is 15.1 Å². The van der Waals surface area contributed by atoms with Crippen molar-refractivity contribution in [2.24, 2.45) is 0 Å². The lowest BCUT2D eigenvalue weighted by atomic mass is 9.91. The maximum atomic E-state index is 4.47. The Bertz CT molecular complexity index is 511. The van der Waals surface area contributed by atoms with E-state index >= 15 is 0 Å². The van der Waals surface area contributed by atoms with E-state index in [1.54, 1.807) is 0 Å². The van der Waals surface area contributed by atoms with Crippen LogP contribution in [0.1, 0.15) is 37.0 Å². The predicted molar refractivity (Wildman–Crippen MR) is 81.7 cm³/mol. The number of hydrogen-bond donors (Lipinski definition) is 1. The summed E-state index contributed by atoms with van der Waals surface area (Å²) >= 11 is 1.83. The highest BCUT2D eigenvalue weighted by atomic mass is 32.1. The fourth-order valence-corrected chi connectivity index (χ4v) is 3.12. The molecule has 4 heteroatoms. The Hall–Kier alpha value is -1.13. The van der Waals surface area contributed by atoms with E-state index < -0.39 is 0 Å². The molecule has 2 aromatic heterocycles. The highest BCUT2D eigenvalue weighted by molar-refractivity contribution is 7.10. The summed E-state index contributed by atoms with van der Waals surface area (Å²) in [4.78, 5) is 1.43. The van der Waals surface area contributed by atoms with Gasteiger partial charge in [-0.2, -0.15) is 5.10 Å². The van der Waals surface area contributed by atoms with Crippen LogP contribution < -0.4 is 5.32 Å². The van der Waals surface area contributed by atoms with Crippen molar-refractivity contribution in [3.63, 3.8) is 0 Å². The van der Waals surface area contributed by atoms with Gasteiger partial charge in [-0.3, -0.25) is 4.68 Å². The molecule has 0 saturated heterocycles. The molecule has 2 heterocycles. The number of aromatic nitrogens is 2. The Morgan fingerprint density at radius 1 is 1.42 bits per heavy atom. The van der Waals surface area contributed by atoms with Crippen LogP contribution in [0.2, 0.25) is 0 Å². The third-order valence-corrected chi connectivity index (χ3v) is 4.58. The third-order valence-electron chi connectivity index (χ3n) is 3.35. The Kier molecular flexibility index (Phi) is 4.42. The summed E-state index contributed by atoms with van der Waals surface area (Å²) in [7, 11) is 0. The van der Waals surface area contributed by atoms with Crippen LogP contribution in [0.4, 0.5) is 0 Å². The number of nitrogens with one attached hydrogen (secondary N) is 1. The van der Waals surface area contributed by atoms with Gasteiger partial charge in [0.25, 0.3) is 0 Å². The largest absolute Gasteiger partial charge is 0.310 e. The molecule has 0 amide bonds. The van der Waals surface area contributed by atoms with Crippen LogP contribution in [-0.4, -0.2) is 16.3 Å². The zero-order valence-electron chi connectivity index (χ0n) is 12.2. The molecule has 3 nitrogen and oxygen atoms in total. The van der Waals surface area contributed by atoms with Crippen LogP contribution in [0.15, 0.2) is 23.6 Å². The first-order chi connectivity index (χ1) is 9.03. The van der Waals surface area contributed by atoms with E-state index in [1.807, 2.05) is 18.3 Å². The predicted octanol–water partition coefficient (Wildman–Crippen LogP) is 3.34. The maximum Gasteiger partial charge on any atom is 0.0597 e. The monoisotopic (exact) mass is 277 g/mol. The highest BCUT2D eigenvalue weighted by Gasteiger charge is 2.21. The van der Waals surface area contributed by atoms with E-state index in [-0.39, 0.29) is 5.41 Å². The van der Waals surface area contributed by atoms with Gasteiger partial charge in [0, 0.05) is 29.9 Å². The molecule has 0 saturated carbocycles. The van der Waals surface area contributed by atoms with Gasteiger partial charge in [0.05, 0.1) is 11.4 Å². The molecule has 104 valence electrons. The van der Waals surface area contributed by atoms with E-state index in [1.165, 1.54) is 10.6 Å². The smallest absolute Gasteiger partial charge is 0.0597 e. The maximum absolute atomic E-state index is 4.47. The van der Waals surface area contributed by atoms with Crippen LogP contribution in [0.25, 0.3) is 0 Å². The first-order valence-corrected chi connectivity index (χ1v) is 7.69. The average molecular weight is 277 g/mol. The van der Waals surface area contributed by atoms with Gasteiger partial charge in [0.15, 0.2) is 0 Å². The van der Waals surface area contributed by atoms with Crippen molar-refractivity contribution in [2.75, 3.05) is 6.54 Å². The number of thiophene rings is 1. The zero-order valence-corrected chi connectivity index (χ0v) is 13.0. The molecule has 0 fully saturated rings. The first-order valence-electron chi connectivity index (χ1n) is 6.81. The second-order valence-electron chi connectivity index (χ2n) is 5.56. The third kappa shape index (κ3) is 3.45. The topological polar surface area (TPSA) is 29.9 Å². The first kappa shape index (κ1) is 14.3. The van der Waals surface area contributed by atoms with Gasteiger partial charge in [0.1, 0.15) is 0 Å². The second kappa shape index (κ2) is 5.88. The van der Waals surface area contributed by atoms with Crippen LogP contribution in [-0.2, 0) is 18.5 Å². The molecule has 2 rings (SSSR count). The van der Waals surface area contributed by atoms with Crippen molar-refractivity contribution >= 4 is 11.3 Å². The lowest BCUT2D eigenvalue weighted by Crippen LogP contribution is -2.32. The van der Waals surface area contributed by atoms with Crippen LogP contribution in [0, 0.1) is 6.92 Å². The van der Waals surface area contributed by atoms with Crippen molar-refractivity contribution in [2.45, 2.75) is 46.2 Å². The molecular weight excluding hydrogens is 254 g/mol. The summed E-state index contributed by atoms with van der Waals surface area (Å²) in [5.41, 5.74) is 2.54. The molecule has 0 spiro atoms. The van der Waals surface area contributed by atoms with E-state index in [2.05, 4.69) is 59.4 Å². The number of nitrogens with zero attached hydrogens (tertiary/aromatic N) is 2. The number of rotatable bonds is 6. The van der Waals surface area contributed by atoms with Gasteiger partial charge in [-0.05, 0) is 31.4 Å². The summed E-state index contributed by atoms with van der Waals surface area (Å²) in [6, 6.07) is 6.50. The van der Waals surface area contributed by atoms with E-state index in [9.17, 15) is 0 Å². The van der Waals surface area contributed by atoms with Gasteiger partial charge in [-0.15, -0.1) is 11.3 Å². The van der Waals surface area contributed by atoms with Gasteiger partial charge in [0.2, 0.25) is 0 Å². The van der Waals surface area contributed by atoms with E-state index in [0.29, 0.717) is 0 Å². The Morgan fingerprint density at radius 3 is 2.84 bits per heavy atom. The molecule has 0 aliphatic carbocycles. The minimum atomic E-state index is 0.181.